The van der Waals surface area contributed by atoms with Gasteiger partial charge in [-0.2, -0.15) is 0 Å². The molecule has 0 unspecified atom stereocenters. The molecule has 4 N–H and O–H groups in total. The zero-order valence-corrected chi connectivity index (χ0v) is 20.7. The first-order valence-corrected chi connectivity index (χ1v) is 11.8. The molecular weight excluding hydrogens is 498 g/mol. The third-order valence-corrected chi connectivity index (χ3v) is 5.75. The molecule has 0 aliphatic rings. The molecule has 3 amide bonds. The van der Waals surface area contributed by atoms with Crippen LogP contribution < -0.4 is 10.7 Å². The Labute approximate surface area is 218 Å². The zero-order valence-electron chi connectivity index (χ0n) is 20.0. The molecule has 10 heteroatoms. The van der Waals surface area contributed by atoms with Gasteiger partial charge >= 0.3 is 5.97 Å². The number of nitrogens with one attached hydrogen (secondary N) is 2. The molecule has 0 aliphatic carbocycles. The highest BCUT2D eigenvalue weighted by Crippen LogP contribution is 2.21. The minimum absolute atomic E-state index is 0.0533. The SMILES string of the molecule is C[C@H](NN(C(=O)CCc1ccccc1)C(=O)c1ccc(C(=O)NCc2cccc(O)c2)cc1Cl)C(=O)O. The van der Waals surface area contributed by atoms with Gasteiger partial charge in [0.25, 0.3) is 11.8 Å². The van der Waals surface area contributed by atoms with E-state index in [1.54, 1.807) is 12.1 Å². The Balaban J connectivity index is 1.74. The molecule has 3 aromatic rings. The van der Waals surface area contributed by atoms with Crippen LogP contribution in [0.2, 0.25) is 5.02 Å². The van der Waals surface area contributed by atoms with Crippen LogP contribution in [0.25, 0.3) is 0 Å². The lowest BCUT2D eigenvalue weighted by molar-refractivity contribution is -0.142. The lowest BCUT2D eigenvalue weighted by Gasteiger charge is -2.24. The summed E-state index contributed by atoms with van der Waals surface area (Å²) < 4.78 is 0. The largest absolute Gasteiger partial charge is 0.508 e. The van der Waals surface area contributed by atoms with Gasteiger partial charge in [0, 0.05) is 18.5 Å². The number of benzene rings is 3. The lowest BCUT2D eigenvalue weighted by Crippen LogP contribution is -2.53. The molecule has 3 rings (SSSR count). The smallest absolute Gasteiger partial charge is 0.322 e. The number of aromatic hydroxyl groups is 1. The van der Waals surface area contributed by atoms with Gasteiger partial charge in [0.15, 0.2) is 0 Å². The summed E-state index contributed by atoms with van der Waals surface area (Å²) >= 11 is 6.31. The summed E-state index contributed by atoms with van der Waals surface area (Å²) in [6, 6.07) is 18.4. The molecule has 0 heterocycles. The first kappa shape index (κ1) is 27.4. The van der Waals surface area contributed by atoms with Gasteiger partial charge < -0.3 is 15.5 Å². The molecule has 3 aromatic carbocycles. The fraction of sp³-hybridized carbons (Fsp3) is 0.185. The Bertz CT molecular complexity index is 1300. The van der Waals surface area contributed by atoms with Crippen LogP contribution in [0.4, 0.5) is 0 Å². The number of hydrazine groups is 1. The van der Waals surface area contributed by atoms with Crippen molar-refractivity contribution in [2.24, 2.45) is 0 Å². The molecule has 192 valence electrons. The van der Waals surface area contributed by atoms with Gasteiger partial charge in [0.2, 0.25) is 5.91 Å². The summed E-state index contributed by atoms with van der Waals surface area (Å²) in [5, 5.41) is 22.1. The Hall–Kier alpha value is -4.21. The molecule has 0 spiro atoms. The summed E-state index contributed by atoms with van der Waals surface area (Å²) in [7, 11) is 0. The predicted molar refractivity (Wildman–Crippen MR) is 137 cm³/mol. The van der Waals surface area contributed by atoms with E-state index < -0.39 is 29.7 Å². The average Bonchev–Trinajstić information content (AvgIpc) is 2.89. The van der Waals surface area contributed by atoms with Crippen LogP contribution in [0.15, 0.2) is 72.8 Å². The number of halogens is 1. The molecule has 37 heavy (non-hydrogen) atoms. The molecule has 0 aliphatic heterocycles. The van der Waals surface area contributed by atoms with Gasteiger partial charge in [0.05, 0.1) is 10.6 Å². The van der Waals surface area contributed by atoms with Crippen molar-refractivity contribution in [2.75, 3.05) is 0 Å². The molecule has 9 nitrogen and oxygen atoms in total. The highest BCUT2D eigenvalue weighted by atomic mass is 35.5. The van der Waals surface area contributed by atoms with Gasteiger partial charge in [-0.05, 0) is 54.8 Å². The highest BCUT2D eigenvalue weighted by Gasteiger charge is 2.28. The van der Waals surface area contributed by atoms with Crippen LogP contribution in [0.1, 0.15) is 45.2 Å². The second-order valence-corrected chi connectivity index (χ2v) is 8.66. The average molecular weight is 524 g/mol. The Morgan fingerprint density at radius 1 is 0.946 bits per heavy atom. The first-order valence-electron chi connectivity index (χ1n) is 11.4. The number of hydrogen-bond donors (Lipinski definition) is 4. The normalized spacial score (nSPS) is 11.4. The third-order valence-electron chi connectivity index (χ3n) is 5.44. The van der Waals surface area contributed by atoms with Crippen LogP contribution in [-0.2, 0) is 22.6 Å². The summed E-state index contributed by atoms with van der Waals surface area (Å²) in [6.07, 6.45) is 0.293. The quantitative estimate of drug-likeness (QED) is 0.298. The summed E-state index contributed by atoms with van der Waals surface area (Å²) in [4.78, 5) is 50.1. The van der Waals surface area contributed by atoms with E-state index in [9.17, 15) is 29.4 Å². The minimum atomic E-state index is -1.25. The van der Waals surface area contributed by atoms with E-state index >= 15 is 0 Å². The molecule has 0 saturated heterocycles. The number of nitrogens with zero attached hydrogens (tertiary/aromatic N) is 1. The maximum absolute atomic E-state index is 13.2. The van der Waals surface area contributed by atoms with E-state index in [0.29, 0.717) is 17.0 Å². The lowest BCUT2D eigenvalue weighted by atomic mass is 10.1. The highest BCUT2D eigenvalue weighted by molar-refractivity contribution is 6.34. The third kappa shape index (κ3) is 7.63. The van der Waals surface area contributed by atoms with Gasteiger partial charge in [-0.25, -0.2) is 10.4 Å². The van der Waals surface area contributed by atoms with Gasteiger partial charge in [-0.3, -0.25) is 19.2 Å². The maximum Gasteiger partial charge on any atom is 0.322 e. The number of imide groups is 1. The molecule has 0 aromatic heterocycles. The van der Waals surface area contributed by atoms with E-state index in [4.69, 9.17) is 11.6 Å². The summed E-state index contributed by atoms with van der Waals surface area (Å²) in [5.41, 5.74) is 4.10. The number of carboxylic acid groups (broad SMARTS) is 1. The van der Waals surface area contributed by atoms with Gasteiger partial charge in [-0.15, -0.1) is 0 Å². The number of hydrogen-bond acceptors (Lipinski definition) is 6. The van der Waals surface area contributed by atoms with Crippen molar-refractivity contribution >= 4 is 35.3 Å². The van der Waals surface area contributed by atoms with Crippen molar-refractivity contribution in [3.63, 3.8) is 0 Å². The second-order valence-electron chi connectivity index (χ2n) is 8.26. The predicted octanol–water partition coefficient (Wildman–Crippen LogP) is 3.55. The molecule has 0 saturated carbocycles. The summed E-state index contributed by atoms with van der Waals surface area (Å²) in [6.45, 7) is 1.46. The van der Waals surface area contributed by atoms with E-state index in [1.807, 2.05) is 30.3 Å². The second kappa shape index (κ2) is 12.7. The number of phenolic OH excluding ortho intramolecular Hbond substituents is 1. The van der Waals surface area contributed by atoms with E-state index in [1.165, 1.54) is 37.3 Å². The van der Waals surface area contributed by atoms with Crippen molar-refractivity contribution in [2.45, 2.75) is 32.4 Å². The Morgan fingerprint density at radius 3 is 2.30 bits per heavy atom. The summed E-state index contributed by atoms with van der Waals surface area (Å²) in [5.74, 6) is -3.11. The van der Waals surface area contributed by atoms with Crippen LogP contribution in [0.3, 0.4) is 0 Å². The van der Waals surface area contributed by atoms with E-state index in [2.05, 4.69) is 10.7 Å². The number of aryl methyl sites for hydroxylation is 1. The minimum Gasteiger partial charge on any atom is -0.508 e. The number of carboxylic acids is 1. The van der Waals surface area contributed by atoms with E-state index in [0.717, 1.165) is 5.56 Å². The van der Waals surface area contributed by atoms with Gasteiger partial charge in [0.1, 0.15) is 11.8 Å². The molecule has 0 radical (unpaired) electrons. The van der Waals surface area contributed by atoms with E-state index in [-0.39, 0.29) is 34.9 Å². The fourth-order valence-electron chi connectivity index (χ4n) is 3.40. The Kier molecular flexibility index (Phi) is 9.37. The van der Waals surface area contributed by atoms with Crippen LogP contribution in [-0.4, -0.2) is 45.0 Å². The molecule has 0 bridgehead atoms. The topological polar surface area (TPSA) is 136 Å². The van der Waals surface area contributed by atoms with Crippen molar-refractivity contribution in [1.82, 2.24) is 15.8 Å². The zero-order chi connectivity index (χ0) is 26.9. The van der Waals surface area contributed by atoms with Crippen molar-refractivity contribution in [3.8, 4) is 5.75 Å². The molecule has 1 atom stereocenters. The van der Waals surface area contributed by atoms with Crippen molar-refractivity contribution < 1.29 is 29.4 Å². The van der Waals surface area contributed by atoms with Crippen molar-refractivity contribution in [3.05, 3.63) is 100 Å². The van der Waals surface area contributed by atoms with Crippen LogP contribution >= 0.6 is 11.6 Å². The number of carbonyl (C=O) groups is 4. The number of carbonyl (C=O) groups excluding carboxylic acids is 3. The number of rotatable bonds is 10. The number of amides is 3. The van der Waals surface area contributed by atoms with Crippen LogP contribution in [0, 0.1) is 0 Å². The first-order chi connectivity index (χ1) is 17.7. The molecular formula is C27H26ClN3O6. The monoisotopic (exact) mass is 523 g/mol. The van der Waals surface area contributed by atoms with Crippen molar-refractivity contribution in [1.29, 1.82) is 0 Å². The number of phenols is 1. The Morgan fingerprint density at radius 2 is 1.65 bits per heavy atom. The number of aliphatic carboxylic acids is 1. The fourth-order valence-corrected chi connectivity index (χ4v) is 3.66. The molecule has 0 fully saturated rings. The maximum atomic E-state index is 13.2. The standard InChI is InChI=1S/C27H26ClN3O6/c1-17(27(36)37)30-31(24(33)13-10-18-6-3-2-4-7-18)26(35)22-12-11-20(15-23(22)28)25(34)29-16-19-8-5-9-21(32)14-19/h2-9,11-12,14-15,17,30,32H,10,13,16H2,1H3,(H,29,34)(H,36,37)/t17-/m0/s1. The van der Waals surface area contributed by atoms with Gasteiger partial charge in [-0.1, -0.05) is 54.1 Å². The van der Waals surface area contributed by atoms with Crippen LogP contribution in [0.5, 0.6) is 5.75 Å².